The minimum absolute atomic E-state index is 0.118. The Hall–Kier alpha value is -0.980. The van der Waals surface area contributed by atoms with Crippen molar-refractivity contribution < 1.29 is 0 Å². The Morgan fingerprint density at radius 1 is 1.38 bits per heavy atom. The molecule has 2 N–H and O–H groups in total. The third-order valence-electron chi connectivity index (χ3n) is 2.51. The molecule has 13 heavy (non-hydrogen) atoms. The summed E-state index contributed by atoms with van der Waals surface area (Å²) in [6.07, 6.45) is 0. The van der Waals surface area contributed by atoms with Crippen LogP contribution < -0.4 is 5.73 Å². The van der Waals surface area contributed by atoms with Gasteiger partial charge >= 0.3 is 0 Å². The van der Waals surface area contributed by atoms with Crippen molar-refractivity contribution in [2.24, 2.45) is 17.1 Å². The van der Waals surface area contributed by atoms with Gasteiger partial charge in [0.15, 0.2) is 0 Å². The summed E-state index contributed by atoms with van der Waals surface area (Å²) in [6.45, 7) is 16.5. The summed E-state index contributed by atoms with van der Waals surface area (Å²) in [6, 6.07) is 0. The van der Waals surface area contributed by atoms with E-state index in [0.29, 0.717) is 0 Å². The molecule has 0 amide bonds. The van der Waals surface area contributed by atoms with Crippen molar-refractivity contribution in [3.05, 3.63) is 35.6 Å². The molecule has 1 aliphatic rings. The minimum Gasteiger partial charge on any atom is -0.401 e. The number of hydrogen-bond acceptors (Lipinski definition) is 1. The lowest BCUT2D eigenvalue weighted by atomic mass is 9.65. The van der Waals surface area contributed by atoms with Crippen LogP contribution in [0.25, 0.3) is 0 Å². The van der Waals surface area contributed by atoms with Gasteiger partial charge in [0.05, 0.1) is 0 Å². The van der Waals surface area contributed by atoms with Gasteiger partial charge in [0.2, 0.25) is 0 Å². The fraction of sp³-hybridized carbons (Fsp3) is 0.500. The van der Waals surface area contributed by atoms with E-state index in [-0.39, 0.29) is 11.3 Å². The highest BCUT2D eigenvalue weighted by Gasteiger charge is 2.37. The molecule has 1 heteroatoms. The molecule has 72 valence electrons. The normalized spacial score (nSPS) is 23.1. The van der Waals surface area contributed by atoms with E-state index in [1.165, 1.54) is 5.57 Å². The molecule has 1 unspecified atom stereocenters. The van der Waals surface area contributed by atoms with Crippen LogP contribution in [-0.4, -0.2) is 0 Å². The van der Waals surface area contributed by atoms with Crippen molar-refractivity contribution >= 4 is 0 Å². The zero-order valence-corrected chi connectivity index (χ0v) is 9.07. The Labute approximate surface area is 81.0 Å². The zero-order valence-electron chi connectivity index (χ0n) is 9.07. The largest absolute Gasteiger partial charge is 0.401 e. The molecule has 0 heterocycles. The van der Waals surface area contributed by atoms with Gasteiger partial charge in [-0.25, -0.2) is 0 Å². The second kappa shape index (κ2) is 2.76. The molecular weight excluding hydrogens is 158 g/mol. The molecule has 0 aromatic heterocycles. The summed E-state index contributed by atoms with van der Waals surface area (Å²) in [4.78, 5) is 0. The van der Waals surface area contributed by atoms with Gasteiger partial charge in [-0.05, 0) is 23.5 Å². The number of hydrogen-bond donors (Lipinski definition) is 1. The Balaban J connectivity index is 3.06. The Kier molecular flexibility index (Phi) is 2.15. The van der Waals surface area contributed by atoms with Crippen molar-refractivity contribution in [2.75, 3.05) is 0 Å². The van der Waals surface area contributed by atoms with Gasteiger partial charge in [0, 0.05) is 11.6 Å². The molecule has 1 rings (SSSR count). The van der Waals surface area contributed by atoms with Gasteiger partial charge in [0.1, 0.15) is 0 Å². The van der Waals surface area contributed by atoms with Gasteiger partial charge in [-0.15, -0.1) is 0 Å². The van der Waals surface area contributed by atoms with Gasteiger partial charge in [-0.1, -0.05) is 39.5 Å². The van der Waals surface area contributed by atoms with Crippen molar-refractivity contribution in [2.45, 2.75) is 27.7 Å². The Bertz CT molecular complexity index is 300. The van der Waals surface area contributed by atoms with E-state index in [9.17, 15) is 0 Å². The Morgan fingerprint density at radius 3 is 2.08 bits per heavy atom. The van der Waals surface area contributed by atoms with Crippen molar-refractivity contribution in [1.29, 1.82) is 0 Å². The van der Waals surface area contributed by atoms with Crippen LogP contribution in [0.1, 0.15) is 27.7 Å². The van der Waals surface area contributed by atoms with Crippen molar-refractivity contribution in [1.82, 2.24) is 0 Å². The van der Waals surface area contributed by atoms with Gasteiger partial charge in [-0.2, -0.15) is 0 Å². The van der Waals surface area contributed by atoms with E-state index in [1.54, 1.807) is 0 Å². The molecule has 0 radical (unpaired) electrons. The predicted molar refractivity (Wildman–Crippen MR) is 58.1 cm³/mol. The summed E-state index contributed by atoms with van der Waals surface area (Å²) >= 11 is 0. The minimum atomic E-state index is 0.118. The standard InChI is InChI=1S/C12H19N/c1-7(2)9-8(3)10(11(9)13)12(4,5)6/h9H,1,3,13H2,2,4-6H3. The maximum absolute atomic E-state index is 6.00. The fourth-order valence-corrected chi connectivity index (χ4v) is 2.06. The van der Waals surface area contributed by atoms with Crippen LogP contribution in [0.15, 0.2) is 35.6 Å². The summed E-state index contributed by atoms with van der Waals surface area (Å²) in [5.41, 5.74) is 10.5. The third kappa shape index (κ3) is 1.43. The SMILES string of the molecule is C=C(C)C1C(=C)C(C(C)(C)C)=C1N. The van der Waals surface area contributed by atoms with E-state index in [4.69, 9.17) is 5.73 Å². The molecule has 0 fully saturated rings. The molecule has 0 spiro atoms. The molecule has 1 atom stereocenters. The maximum atomic E-state index is 6.00. The van der Waals surface area contributed by atoms with Crippen LogP contribution in [0.3, 0.4) is 0 Å². The molecule has 1 nitrogen and oxygen atoms in total. The van der Waals surface area contributed by atoms with Crippen LogP contribution in [0.2, 0.25) is 0 Å². The van der Waals surface area contributed by atoms with E-state index in [0.717, 1.165) is 16.8 Å². The molecule has 0 bridgehead atoms. The van der Waals surface area contributed by atoms with Crippen molar-refractivity contribution in [3.8, 4) is 0 Å². The molecular formula is C12H19N. The lowest BCUT2D eigenvalue weighted by molar-refractivity contribution is 0.465. The van der Waals surface area contributed by atoms with E-state index in [2.05, 4.69) is 33.9 Å². The van der Waals surface area contributed by atoms with Crippen LogP contribution in [-0.2, 0) is 0 Å². The van der Waals surface area contributed by atoms with E-state index in [1.807, 2.05) is 6.92 Å². The second-order valence-corrected chi connectivity index (χ2v) is 4.88. The highest BCUT2D eigenvalue weighted by atomic mass is 14.7. The van der Waals surface area contributed by atoms with E-state index < -0.39 is 0 Å². The maximum Gasteiger partial charge on any atom is 0.0440 e. The first-order chi connectivity index (χ1) is 5.76. The summed E-state index contributed by atoms with van der Waals surface area (Å²) < 4.78 is 0. The zero-order chi connectivity index (χ0) is 10.4. The van der Waals surface area contributed by atoms with Gasteiger partial charge in [0.25, 0.3) is 0 Å². The Morgan fingerprint density at radius 2 is 1.85 bits per heavy atom. The van der Waals surface area contributed by atoms with Gasteiger partial charge < -0.3 is 5.73 Å². The molecule has 0 aromatic rings. The number of allylic oxidation sites excluding steroid dienone is 2. The quantitative estimate of drug-likeness (QED) is 0.612. The average molecular weight is 177 g/mol. The fourth-order valence-electron chi connectivity index (χ4n) is 2.06. The summed E-state index contributed by atoms with van der Waals surface area (Å²) in [5, 5.41) is 0. The molecule has 0 aromatic carbocycles. The predicted octanol–water partition coefficient (Wildman–Crippen LogP) is 3.01. The summed E-state index contributed by atoms with van der Waals surface area (Å²) in [5.74, 6) is 0.231. The smallest absolute Gasteiger partial charge is 0.0440 e. The van der Waals surface area contributed by atoms with Crippen LogP contribution in [0, 0.1) is 11.3 Å². The lowest BCUT2D eigenvalue weighted by Gasteiger charge is -2.41. The number of nitrogens with two attached hydrogens (primary N) is 1. The highest BCUT2D eigenvalue weighted by Crippen LogP contribution is 2.48. The first-order valence-corrected chi connectivity index (χ1v) is 4.61. The first-order valence-electron chi connectivity index (χ1n) is 4.61. The molecule has 0 aliphatic heterocycles. The van der Waals surface area contributed by atoms with Crippen LogP contribution in [0.5, 0.6) is 0 Å². The first kappa shape index (κ1) is 10.1. The van der Waals surface area contributed by atoms with E-state index >= 15 is 0 Å². The average Bonchev–Trinajstić information content (AvgIpc) is 1.81. The number of rotatable bonds is 1. The van der Waals surface area contributed by atoms with Crippen LogP contribution >= 0.6 is 0 Å². The highest BCUT2D eigenvalue weighted by molar-refractivity contribution is 5.55. The monoisotopic (exact) mass is 177 g/mol. The summed E-state index contributed by atoms with van der Waals surface area (Å²) in [7, 11) is 0. The lowest BCUT2D eigenvalue weighted by Crippen LogP contribution is -2.34. The molecule has 1 aliphatic carbocycles. The topological polar surface area (TPSA) is 26.0 Å². The third-order valence-corrected chi connectivity index (χ3v) is 2.51. The molecule has 0 saturated carbocycles. The molecule has 0 saturated heterocycles. The van der Waals surface area contributed by atoms with Crippen molar-refractivity contribution in [3.63, 3.8) is 0 Å². The van der Waals surface area contributed by atoms with Gasteiger partial charge in [-0.3, -0.25) is 0 Å². The second-order valence-electron chi connectivity index (χ2n) is 4.88. The van der Waals surface area contributed by atoms with Crippen LogP contribution in [0.4, 0.5) is 0 Å².